The van der Waals surface area contributed by atoms with Gasteiger partial charge in [-0.05, 0) is 25.1 Å². The van der Waals surface area contributed by atoms with Crippen LogP contribution in [0.2, 0.25) is 0 Å². The zero-order chi connectivity index (χ0) is 24.5. The quantitative estimate of drug-likeness (QED) is 0.260. The highest BCUT2D eigenvalue weighted by Gasteiger charge is 2.42. The summed E-state index contributed by atoms with van der Waals surface area (Å²) in [4.78, 5) is 17.1. The molecule has 3 heterocycles. The van der Waals surface area contributed by atoms with Crippen molar-refractivity contribution in [3.05, 3.63) is 95.8 Å². The maximum Gasteiger partial charge on any atom is 0.482 e. The smallest absolute Gasteiger partial charge is 0.345 e. The van der Waals surface area contributed by atoms with E-state index in [4.69, 9.17) is 0 Å². The molecule has 0 aliphatic rings. The fraction of sp³-hybridized carbons (Fsp3) is 0.130. The second-order valence-electron chi connectivity index (χ2n) is 7.42. The van der Waals surface area contributed by atoms with E-state index >= 15 is 0 Å². The molecule has 4 rings (SSSR count). The van der Waals surface area contributed by atoms with Gasteiger partial charge in [-0.2, -0.15) is 18.3 Å². The van der Waals surface area contributed by atoms with Crippen LogP contribution in [0.15, 0.2) is 73.2 Å². The molecule has 1 aromatic carbocycles. The summed E-state index contributed by atoms with van der Waals surface area (Å²) in [6.07, 6.45) is -1.38. The van der Waals surface area contributed by atoms with Crippen LogP contribution in [0.25, 0.3) is 17.1 Å². The van der Waals surface area contributed by atoms with Crippen LogP contribution in [0.1, 0.15) is 34.6 Å². The summed E-state index contributed by atoms with van der Waals surface area (Å²) in [5, 5.41) is 16.8. The summed E-state index contributed by atoms with van der Waals surface area (Å²) >= 11 is 0. The molecule has 4 aromatic rings. The van der Waals surface area contributed by atoms with E-state index in [9.17, 15) is 27.6 Å². The van der Waals surface area contributed by atoms with Crippen molar-refractivity contribution in [2.45, 2.75) is 19.1 Å². The Hall–Kier alpha value is -4.28. The maximum absolute atomic E-state index is 13.3. The van der Waals surface area contributed by atoms with Gasteiger partial charge >= 0.3 is 11.9 Å². The Balaban J connectivity index is 1.66. The highest BCUT2D eigenvalue weighted by atomic mass is 19.4. The van der Waals surface area contributed by atoms with Gasteiger partial charge in [-0.15, -0.1) is 0 Å². The molecule has 0 saturated heterocycles. The van der Waals surface area contributed by atoms with Crippen molar-refractivity contribution in [2.24, 2.45) is 0 Å². The number of alkyl halides is 3. The number of benzene rings is 1. The molecule has 1 amide bonds. The highest BCUT2D eigenvalue weighted by Crippen LogP contribution is 2.27. The Morgan fingerprint density at radius 1 is 1.12 bits per heavy atom. The first-order valence-electron chi connectivity index (χ1n) is 10.0. The van der Waals surface area contributed by atoms with Crippen LogP contribution in [0, 0.1) is 5.82 Å². The first-order chi connectivity index (χ1) is 16.1. The van der Waals surface area contributed by atoms with Gasteiger partial charge in [-0.1, -0.05) is 30.3 Å². The number of aromatic nitrogens is 4. The van der Waals surface area contributed by atoms with Crippen LogP contribution in [-0.4, -0.2) is 25.9 Å². The molecule has 174 valence electrons. The molecule has 3 aromatic heterocycles. The Bertz CT molecular complexity index is 1320. The fourth-order valence-electron chi connectivity index (χ4n) is 3.31. The van der Waals surface area contributed by atoms with Crippen molar-refractivity contribution < 1.29 is 32.3 Å². The van der Waals surface area contributed by atoms with Gasteiger partial charge in [0.05, 0.1) is 17.8 Å². The van der Waals surface area contributed by atoms with E-state index in [1.54, 1.807) is 37.3 Å². The van der Waals surface area contributed by atoms with Gasteiger partial charge in [0.25, 0.3) is 5.91 Å². The summed E-state index contributed by atoms with van der Waals surface area (Å²) in [6.45, 7) is 1.56. The SMILES string of the molecule is C[C@@H](NC(=O)c1cn(-c2ccc(F)cn2)nc1-c1ccccc1)c1ccc(C(F)(F)F)[n+](O)c1. The minimum absolute atomic E-state index is 0.0222. The number of amides is 1. The molecular formula is C23H18F4N5O2+. The molecule has 7 nitrogen and oxygen atoms in total. The average molecular weight is 472 g/mol. The number of nitrogens with zero attached hydrogens (tertiary/aromatic N) is 4. The largest absolute Gasteiger partial charge is 0.482 e. The number of pyridine rings is 2. The van der Waals surface area contributed by atoms with Gasteiger partial charge < -0.3 is 5.32 Å². The molecular weight excluding hydrogens is 454 g/mol. The van der Waals surface area contributed by atoms with E-state index in [-0.39, 0.29) is 21.7 Å². The number of carbonyl (C=O) groups excluding carboxylic acids is 1. The van der Waals surface area contributed by atoms with E-state index in [1.807, 2.05) is 0 Å². The molecule has 0 saturated carbocycles. The molecule has 34 heavy (non-hydrogen) atoms. The lowest BCUT2D eigenvalue weighted by atomic mass is 10.1. The molecule has 0 radical (unpaired) electrons. The van der Waals surface area contributed by atoms with Crippen LogP contribution in [-0.2, 0) is 6.18 Å². The van der Waals surface area contributed by atoms with Crippen molar-refractivity contribution in [1.29, 1.82) is 0 Å². The zero-order valence-corrected chi connectivity index (χ0v) is 17.7. The number of carbonyl (C=O) groups is 1. The molecule has 0 bridgehead atoms. The van der Waals surface area contributed by atoms with Crippen molar-refractivity contribution in [3.8, 4) is 17.1 Å². The van der Waals surface area contributed by atoms with E-state index in [0.29, 0.717) is 11.3 Å². The third-order valence-corrected chi connectivity index (χ3v) is 5.04. The lowest BCUT2D eigenvalue weighted by Crippen LogP contribution is -2.40. The van der Waals surface area contributed by atoms with E-state index < -0.39 is 29.6 Å². The summed E-state index contributed by atoms with van der Waals surface area (Å²) in [5.41, 5.74) is 0.157. The number of rotatable bonds is 5. The Labute approximate surface area is 190 Å². The van der Waals surface area contributed by atoms with Gasteiger partial charge in [-0.3, -0.25) is 10.0 Å². The number of nitrogens with one attached hydrogen (secondary N) is 1. The Morgan fingerprint density at radius 3 is 2.47 bits per heavy atom. The van der Waals surface area contributed by atoms with Crippen LogP contribution in [0.4, 0.5) is 17.6 Å². The Kier molecular flexibility index (Phi) is 6.01. The van der Waals surface area contributed by atoms with Crippen molar-refractivity contribution >= 4 is 5.91 Å². The maximum atomic E-state index is 13.3. The number of hydrogen-bond acceptors (Lipinski definition) is 4. The number of hydrogen-bond donors (Lipinski definition) is 2. The normalized spacial score (nSPS) is 12.4. The molecule has 1 atom stereocenters. The van der Waals surface area contributed by atoms with Gasteiger partial charge in [-0.25, -0.2) is 14.1 Å². The second kappa shape index (κ2) is 8.93. The van der Waals surface area contributed by atoms with E-state index in [0.717, 1.165) is 18.5 Å². The zero-order valence-electron chi connectivity index (χ0n) is 17.7. The topological polar surface area (TPSA) is 83.9 Å². The first kappa shape index (κ1) is 22.9. The van der Waals surface area contributed by atoms with Crippen molar-refractivity contribution in [1.82, 2.24) is 20.1 Å². The van der Waals surface area contributed by atoms with Crippen LogP contribution >= 0.6 is 0 Å². The number of halogens is 4. The van der Waals surface area contributed by atoms with E-state index in [1.165, 1.54) is 29.1 Å². The van der Waals surface area contributed by atoms with Crippen LogP contribution in [0.3, 0.4) is 0 Å². The van der Waals surface area contributed by atoms with Gasteiger partial charge in [0.15, 0.2) is 5.82 Å². The van der Waals surface area contributed by atoms with Gasteiger partial charge in [0.2, 0.25) is 6.20 Å². The third-order valence-electron chi connectivity index (χ3n) is 5.04. The monoisotopic (exact) mass is 472 g/mol. The van der Waals surface area contributed by atoms with Gasteiger partial charge in [0.1, 0.15) is 11.5 Å². The van der Waals surface area contributed by atoms with Crippen LogP contribution in [0.5, 0.6) is 0 Å². The lowest BCUT2D eigenvalue weighted by Gasteiger charge is -2.13. The predicted molar refractivity (Wildman–Crippen MR) is 111 cm³/mol. The molecule has 0 unspecified atom stereocenters. The predicted octanol–water partition coefficient (Wildman–Crippen LogP) is 4.11. The Morgan fingerprint density at radius 2 is 1.85 bits per heavy atom. The molecule has 0 aliphatic heterocycles. The molecule has 2 N–H and O–H groups in total. The lowest BCUT2D eigenvalue weighted by molar-refractivity contribution is -0.915. The molecule has 0 spiro atoms. The summed E-state index contributed by atoms with van der Waals surface area (Å²) < 4.78 is 53.3. The minimum atomic E-state index is -4.73. The minimum Gasteiger partial charge on any atom is -0.345 e. The summed E-state index contributed by atoms with van der Waals surface area (Å²) in [6, 6.07) is 12.6. The summed E-state index contributed by atoms with van der Waals surface area (Å²) in [7, 11) is 0. The first-order valence-corrected chi connectivity index (χ1v) is 10.0. The summed E-state index contributed by atoms with van der Waals surface area (Å²) in [5.74, 6) is -0.789. The highest BCUT2D eigenvalue weighted by molar-refractivity contribution is 6.00. The standard InChI is InChI=1S/C23H17F4N5O2/c1-14(16-7-9-19(23(25,26)27)32(34)12-16)29-22(33)18-13-31(20-10-8-17(24)11-28-20)30-21(18)15-5-3-2-4-6-15/h2-14H,1H3,(H-,29,33,34)/p+1/t14-/m1/s1. The molecule has 0 aliphatic carbocycles. The van der Waals surface area contributed by atoms with Crippen LogP contribution < -0.4 is 10.0 Å². The van der Waals surface area contributed by atoms with Gasteiger partial charge in [0, 0.05) is 28.1 Å². The average Bonchev–Trinajstić information content (AvgIpc) is 3.25. The van der Waals surface area contributed by atoms with E-state index in [2.05, 4.69) is 15.4 Å². The second-order valence-corrected chi connectivity index (χ2v) is 7.42. The van der Waals surface area contributed by atoms with Crippen molar-refractivity contribution in [3.63, 3.8) is 0 Å². The third kappa shape index (κ3) is 4.72. The molecule has 0 fully saturated rings. The molecule has 11 heteroatoms. The fourth-order valence-corrected chi connectivity index (χ4v) is 3.31. The van der Waals surface area contributed by atoms with Crippen molar-refractivity contribution in [2.75, 3.05) is 0 Å².